The topological polar surface area (TPSA) is 17.3 Å². The van der Waals surface area contributed by atoms with Gasteiger partial charge in [0.1, 0.15) is 0 Å². The Hall–Kier alpha value is -2.35. The van der Waals surface area contributed by atoms with Crippen LogP contribution in [0, 0.1) is 0 Å². The molecule has 0 radical (unpaired) electrons. The van der Waals surface area contributed by atoms with E-state index in [-0.39, 0.29) is 0 Å². The molecule has 0 fully saturated rings. The normalized spacial score (nSPS) is 15.7. The van der Waals surface area contributed by atoms with Gasteiger partial charge in [-0.3, -0.25) is 0 Å². The molecule has 0 N–H and O–H groups in total. The van der Waals surface area contributed by atoms with Crippen molar-refractivity contribution in [1.29, 1.82) is 0 Å². The number of aryl methyl sites for hydroxylation is 2. The predicted molar refractivity (Wildman–Crippen MR) is 95.2 cm³/mol. The first-order valence-electron chi connectivity index (χ1n) is 8.71. The van der Waals surface area contributed by atoms with Crippen LogP contribution in [-0.4, -0.2) is 9.38 Å². The molecule has 0 saturated heterocycles. The van der Waals surface area contributed by atoms with E-state index in [9.17, 15) is 0 Å². The molecule has 0 saturated carbocycles. The van der Waals surface area contributed by atoms with Crippen LogP contribution < -0.4 is 0 Å². The van der Waals surface area contributed by atoms with Gasteiger partial charge in [-0.15, -0.1) is 0 Å². The summed E-state index contributed by atoms with van der Waals surface area (Å²) < 4.78 is 2.27. The van der Waals surface area contributed by atoms with Crippen molar-refractivity contribution in [3.63, 3.8) is 0 Å². The summed E-state index contributed by atoms with van der Waals surface area (Å²) in [5, 5.41) is 1.26. The first kappa shape index (κ1) is 13.1. The summed E-state index contributed by atoms with van der Waals surface area (Å²) in [6.45, 7) is 0. The Morgan fingerprint density at radius 2 is 1.70 bits per heavy atom. The fraction of sp³-hybridized carbons (Fsp3) is 0.286. The Morgan fingerprint density at radius 3 is 2.61 bits per heavy atom. The van der Waals surface area contributed by atoms with Crippen molar-refractivity contribution in [3.8, 4) is 11.3 Å². The fourth-order valence-corrected chi connectivity index (χ4v) is 4.03. The molecule has 5 rings (SSSR count). The summed E-state index contributed by atoms with van der Waals surface area (Å²) in [4.78, 5) is 4.91. The van der Waals surface area contributed by atoms with Crippen molar-refractivity contribution in [1.82, 2.24) is 9.38 Å². The minimum Gasteiger partial charge on any atom is -0.322 e. The molecular weight excluding hydrogens is 280 g/mol. The predicted octanol–water partition coefficient (Wildman–Crippen LogP) is 5.25. The number of hydrogen-bond donors (Lipinski definition) is 0. The van der Waals surface area contributed by atoms with Gasteiger partial charge in [-0.25, -0.2) is 4.98 Å². The molecule has 2 heteroatoms. The molecule has 2 aliphatic heterocycles. The average molecular weight is 300 g/mol. The first-order valence-corrected chi connectivity index (χ1v) is 8.71. The third-order valence-corrected chi connectivity index (χ3v) is 5.26. The maximum Gasteiger partial charge on any atom is 0.0957 e. The van der Waals surface area contributed by atoms with Crippen LogP contribution in [0.4, 0.5) is 0 Å². The van der Waals surface area contributed by atoms with Crippen molar-refractivity contribution in [2.75, 3.05) is 0 Å². The number of rotatable bonds is 0. The molecule has 1 aromatic heterocycles. The van der Waals surface area contributed by atoms with Crippen LogP contribution in [0.15, 0.2) is 48.8 Å². The zero-order valence-electron chi connectivity index (χ0n) is 13.3. The van der Waals surface area contributed by atoms with Gasteiger partial charge in [-0.1, -0.05) is 31.0 Å². The van der Waals surface area contributed by atoms with Crippen LogP contribution in [0.2, 0.25) is 0 Å². The second-order valence-electron chi connectivity index (χ2n) is 6.74. The number of fused-ring (bicyclic) bond motifs is 6. The number of nitrogens with zero attached hydrogens (tertiary/aromatic N) is 2. The summed E-state index contributed by atoms with van der Waals surface area (Å²) in [5.41, 5.74) is 7.81. The lowest BCUT2D eigenvalue weighted by atomic mass is 9.94. The lowest BCUT2D eigenvalue weighted by Crippen LogP contribution is -2.04. The van der Waals surface area contributed by atoms with Gasteiger partial charge >= 0.3 is 0 Å². The van der Waals surface area contributed by atoms with Crippen molar-refractivity contribution < 1.29 is 0 Å². The molecule has 23 heavy (non-hydrogen) atoms. The van der Waals surface area contributed by atoms with Crippen LogP contribution in [0.25, 0.3) is 27.7 Å². The molecule has 2 nitrogen and oxygen atoms in total. The number of benzene rings is 1. The summed E-state index contributed by atoms with van der Waals surface area (Å²) in [7, 11) is 0. The zero-order valence-corrected chi connectivity index (χ0v) is 13.3. The van der Waals surface area contributed by atoms with Gasteiger partial charge in [0.25, 0.3) is 0 Å². The van der Waals surface area contributed by atoms with Gasteiger partial charge in [-0.05, 0) is 55.0 Å². The largest absolute Gasteiger partial charge is 0.322 e. The molecule has 114 valence electrons. The summed E-state index contributed by atoms with van der Waals surface area (Å²) in [6, 6.07) is 13.1. The van der Waals surface area contributed by atoms with E-state index in [1.165, 1.54) is 66.1 Å². The van der Waals surface area contributed by atoms with E-state index < -0.39 is 0 Å². The van der Waals surface area contributed by atoms with Gasteiger partial charge in [0, 0.05) is 23.3 Å². The highest BCUT2D eigenvalue weighted by molar-refractivity contribution is 6.01. The average Bonchev–Trinajstić information content (AvgIpc) is 2.94. The maximum absolute atomic E-state index is 4.91. The monoisotopic (exact) mass is 300 g/mol. The van der Waals surface area contributed by atoms with Crippen LogP contribution >= 0.6 is 0 Å². The minimum absolute atomic E-state index is 1.10. The third kappa shape index (κ3) is 2.05. The van der Waals surface area contributed by atoms with Crippen LogP contribution in [0.3, 0.4) is 0 Å². The number of para-hydroxylation sites is 1. The summed E-state index contributed by atoms with van der Waals surface area (Å²) >= 11 is 0. The highest BCUT2D eigenvalue weighted by Gasteiger charge is 2.16. The van der Waals surface area contributed by atoms with Gasteiger partial charge in [0.05, 0.1) is 16.7 Å². The highest BCUT2D eigenvalue weighted by Crippen LogP contribution is 2.35. The van der Waals surface area contributed by atoms with Gasteiger partial charge in [0.2, 0.25) is 0 Å². The van der Waals surface area contributed by atoms with E-state index in [1.807, 2.05) is 0 Å². The van der Waals surface area contributed by atoms with Gasteiger partial charge in [0.15, 0.2) is 0 Å². The van der Waals surface area contributed by atoms with Crippen molar-refractivity contribution in [2.45, 2.75) is 38.5 Å². The summed E-state index contributed by atoms with van der Waals surface area (Å²) in [5.74, 6) is 0. The van der Waals surface area contributed by atoms with E-state index in [2.05, 4.69) is 53.2 Å². The molecule has 0 atom stereocenters. The van der Waals surface area contributed by atoms with E-state index in [0.29, 0.717) is 0 Å². The molecule has 0 amide bonds. The second-order valence-corrected chi connectivity index (χ2v) is 6.74. The molecule has 0 spiro atoms. The number of aromatic nitrogens is 2. The Labute approximate surface area is 136 Å². The molecular formula is C21H20N2. The number of pyridine rings is 2. The van der Waals surface area contributed by atoms with E-state index in [0.717, 1.165) is 11.2 Å². The molecule has 0 bridgehead atoms. The van der Waals surface area contributed by atoms with Crippen molar-refractivity contribution >= 4 is 16.4 Å². The zero-order chi connectivity index (χ0) is 15.2. The molecule has 3 heterocycles. The van der Waals surface area contributed by atoms with Crippen LogP contribution in [-0.2, 0) is 12.8 Å². The van der Waals surface area contributed by atoms with E-state index in [1.54, 1.807) is 0 Å². The van der Waals surface area contributed by atoms with Gasteiger partial charge in [-0.2, -0.15) is 0 Å². The SMILES string of the molecule is c1ccc2c3ccn4cc5c(cc4c-3nc2c1)CCCCCC5. The molecule has 2 aromatic rings. The van der Waals surface area contributed by atoms with E-state index in [4.69, 9.17) is 4.98 Å². The standard InChI is InChI=1S/C21H20N2/c1-2-4-8-16-14-23-12-11-18-17-9-5-6-10-19(17)22-21(18)20(23)13-15(16)7-3-1/h5-6,9-14H,1-4,7-8H2. The lowest BCUT2D eigenvalue weighted by molar-refractivity contribution is 0.615. The quantitative estimate of drug-likeness (QED) is 0.433. The fourth-order valence-electron chi connectivity index (χ4n) is 4.03. The van der Waals surface area contributed by atoms with Crippen molar-refractivity contribution in [3.05, 3.63) is 59.9 Å². The maximum atomic E-state index is 4.91. The third-order valence-electron chi connectivity index (χ3n) is 5.26. The smallest absolute Gasteiger partial charge is 0.0957 e. The Morgan fingerprint density at radius 1 is 0.870 bits per heavy atom. The molecule has 3 aliphatic rings. The van der Waals surface area contributed by atoms with Crippen LogP contribution in [0.5, 0.6) is 0 Å². The number of hydrogen-bond acceptors (Lipinski definition) is 1. The highest BCUT2D eigenvalue weighted by atomic mass is 14.9. The minimum atomic E-state index is 1.10. The lowest BCUT2D eigenvalue weighted by Gasteiger charge is -2.17. The Kier molecular flexibility index (Phi) is 2.90. The molecule has 1 aliphatic carbocycles. The molecule has 1 aromatic carbocycles. The van der Waals surface area contributed by atoms with Crippen LogP contribution in [0.1, 0.15) is 36.8 Å². The van der Waals surface area contributed by atoms with Gasteiger partial charge < -0.3 is 4.40 Å². The molecule has 0 unspecified atom stereocenters. The summed E-state index contributed by atoms with van der Waals surface area (Å²) in [6.07, 6.45) is 12.3. The Balaban J connectivity index is 1.81. The first-order chi connectivity index (χ1) is 11.4. The second kappa shape index (κ2) is 5.09. The Bertz CT molecular complexity index is 980. The van der Waals surface area contributed by atoms with E-state index >= 15 is 0 Å². The van der Waals surface area contributed by atoms with Crippen molar-refractivity contribution in [2.24, 2.45) is 0 Å².